The Labute approximate surface area is 157 Å². The molecule has 2 aliphatic rings. The second-order valence-corrected chi connectivity index (χ2v) is 7.46. The van der Waals surface area contributed by atoms with Gasteiger partial charge < -0.3 is 14.9 Å². The summed E-state index contributed by atoms with van der Waals surface area (Å²) in [6, 6.07) is 1.80. The van der Waals surface area contributed by atoms with Crippen molar-refractivity contribution in [3.63, 3.8) is 0 Å². The number of piperidine rings is 2. The van der Waals surface area contributed by atoms with E-state index in [2.05, 4.69) is 25.2 Å². The Morgan fingerprint density at radius 3 is 2.85 bits per heavy atom. The summed E-state index contributed by atoms with van der Waals surface area (Å²) in [4.78, 5) is 25.7. The molecule has 0 aromatic carbocycles. The van der Waals surface area contributed by atoms with Crippen LogP contribution >= 0.6 is 0 Å². The summed E-state index contributed by atoms with van der Waals surface area (Å²) >= 11 is 0. The van der Waals surface area contributed by atoms with E-state index in [4.69, 9.17) is 4.63 Å². The lowest BCUT2D eigenvalue weighted by Gasteiger charge is -2.54. The van der Waals surface area contributed by atoms with Gasteiger partial charge in [-0.2, -0.15) is 0 Å². The number of carbonyl (C=O) groups excluding carboxylic acids is 1. The normalized spacial score (nSPS) is 25.3. The number of rotatable bonds is 4. The fourth-order valence-electron chi connectivity index (χ4n) is 4.45. The molecule has 2 atom stereocenters. The third-order valence-corrected chi connectivity index (χ3v) is 5.87. The van der Waals surface area contributed by atoms with E-state index in [1.54, 1.807) is 25.4 Å². The molecular weight excluding hydrogens is 348 g/mol. The van der Waals surface area contributed by atoms with Crippen LogP contribution in [0.4, 0.5) is 5.95 Å². The number of anilines is 1. The van der Waals surface area contributed by atoms with Crippen molar-refractivity contribution in [3.8, 4) is 0 Å². The van der Waals surface area contributed by atoms with Gasteiger partial charge in [-0.15, -0.1) is 0 Å². The Balaban J connectivity index is 1.54. The van der Waals surface area contributed by atoms with Gasteiger partial charge in [0.25, 0.3) is 0 Å². The van der Waals surface area contributed by atoms with Gasteiger partial charge in [0, 0.05) is 43.5 Å². The standard InChI is InChI=1S/C18H24N6O3/c1-13-14(22-27-21-13)10-16(26)24-8-2-5-18(12-25)11-23(9-4-15(18)24)17-19-6-3-7-20-17/h3,6-7,15,25H,2,4-5,8-12H2,1H3/t15-,18-/m1/s1. The van der Waals surface area contributed by atoms with E-state index in [1.807, 2.05) is 4.90 Å². The number of hydrogen-bond donors (Lipinski definition) is 1. The maximum atomic E-state index is 13.0. The first-order valence-electron chi connectivity index (χ1n) is 9.33. The molecule has 2 saturated heterocycles. The first-order chi connectivity index (χ1) is 13.1. The summed E-state index contributed by atoms with van der Waals surface area (Å²) in [5.74, 6) is 0.692. The van der Waals surface area contributed by atoms with Gasteiger partial charge in [0.05, 0.1) is 13.0 Å². The van der Waals surface area contributed by atoms with Crippen molar-refractivity contribution in [2.45, 2.75) is 38.6 Å². The van der Waals surface area contributed by atoms with Gasteiger partial charge in [-0.25, -0.2) is 14.6 Å². The van der Waals surface area contributed by atoms with E-state index < -0.39 is 0 Å². The molecule has 2 aliphatic heterocycles. The summed E-state index contributed by atoms with van der Waals surface area (Å²) < 4.78 is 4.71. The third kappa shape index (κ3) is 3.27. The van der Waals surface area contributed by atoms with Crippen molar-refractivity contribution in [2.75, 3.05) is 31.1 Å². The van der Waals surface area contributed by atoms with E-state index in [0.29, 0.717) is 30.4 Å². The number of aromatic nitrogens is 4. The molecule has 144 valence electrons. The van der Waals surface area contributed by atoms with E-state index in [0.717, 1.165) is 25.8 Å². The quantitative estimate of drug-likeness (QED) is 0.831. The zero-order valence-corrected chi connectivity index (χ0v) is 15.4. The third-order valence-electron chi connectivity index (χ3n) is 5.87. The van der Waals surface area contributed by atoms with E-state index >= 15 is 0 Å². The highest BCUT2D eigenvalue weighted by Crippen LogP contribution is 2.42. The minimum absolute atomic E-state index is 0.00359. The average Bonchev–Trinajstić information content (AvgIpc) is 3.12. The number of nitrogens with zero attached hydrogens (tertiary/aromatic N) is 6. The average molecular weight is 372 g/mol. The molecule has 0 radical (unpaired) electrons. The SMILES string of the molecule is Cc1nonc1CC(=O)N1CCC[C@]2(CO)CN(c3ncccn3)CC[C@@H]12. The number of hydrogen-bond acceptors (Lipinski definition) is 8. The van der Waals surface area contributed by atoms with Crippen LogP contribution in [0.15, 0.2) is 23.1 Å². The summed E-state index contributed by atoms with van der Waals surface area (Å²) in [5, 5.41) is 17.9. The van der Waals surface area contributed by atoms with Gasteiger partial charge in [-0.3, -0.25) is 4.79 Å². The van der Waals surface area contributed by atoms with Crippen molar-refractivity contribution in [3.05, 3.63) is 29.8 Å². The van der Waals surface area contributed by atoms with Crippen molar-refractivity contribution in [2.24, 2.45) is 5.41 Å². The zero-order valence-electron chi connectivity index (χ0n) is 15.4. The molecule has 0 aliphatic carbocycles. The number of carbonyl (C=O) groups is 1. The molecule has 2 aromatic rings. The molecule has 0 spiro atoms. The predicted molar refractivity (Wildman–Crippen MR) is 95.9 cm³/mol. The van der Waals surface area contributed by atoms with Crippen LogP contribution in [0.25, 0.3) is 0 Å². The monoisotopic (exact) mass is 372 g/mol. The molecule has 0 unspecified atom stereocenters. The van der Waals surface area contributed by atoms with E-state index in [9.17, 15) is 9.90 Å². The maximum absolute atomic E-state index is 13.0. The van der Waals surface area contributed by atoms with Crippen LogP contribution in [-0.2, 0) is 11.2 Å². The number of aryl methyl sites for hydroxylation is 1. The highest BCUT2D eigenvalue weighted by molar-refractivity contribution is 5.79. The maximum Gasteiger partial charge on any atom is 0.229 e. The molecule has 2 fully saturated rings. The van der Waals surface area contributed by atoms with Gasteiger partial charge >= 0.3 is 0 Å². The number of amides is 1. The number of likely N-dealkylation sites (tertiary alicyclic amines) is 1. The summed E-state index contributed by atoms with van der Waals surface area (Å²) in [6.07, 6.45) is 6.16. The van der Waals surface area contributed by atoms with Crippen molar-refractivity contribution in [1.29, 1.82) is 0 Å². The minimum atomic E-state index is -0.359. The van der Waals surface area contributed by atoms with Gasteiger partial charge in [0.15, 0.2) is 0 Å². The van der Waals surface area contributed by atoms with Crippen molar-refractivity contribution in [1.82, 2.24) is 25.2 Å². The Morgan fingerprint density at radius 2 is 2.15 bits per heavy atom. The second kappa shape index (κ2) is 7.22. The topological polar surface area (TPSA) is 108 Å². The fraction of sp³-hybridized carbons (Fsp3) is 0.611. The van der Waals surface area contributed by atoms with Crippen LogP contribution in [0, 0.1) is 12.3 Å². The van der Waals surface area contributed by atoms with Gasteiger partial charge in [0.1, 0.15) is 11.4 Å². The number of aliphatic hydroxyl groups excluding tert-OH is 1. The summed E-state index contributed by atoms with van der Waals surface area (Å²) in [5.41, 5.74) is 0.864. The van der Waals surface area contributed by atoms with Gasteiger partial charge in [-0.05, 0) is 32.3 Å². The number of fused-ring (bicyclic) bond motifs is 1. The van der Waals surface area contributed by atoms with E-state index in [-0.39, 0.29) is 30.4 Å². The Hall–Kier alpha value is -2.55. The predicted octanol–water partition coefficient (Wildman–Crippen LogP) is 0.591. The summed E-state index contributed by atoms with van der Waals surface area (Å²) in [6.45, 7) is 3.93. The van der Waals surface area contributed by atoms with Crippen molar-refractivity contribution >= 4 is 11.9 Å². The van der Waals surface area contributed by atoms with Crippen LogP contribution in [0.5, 0.6) is 0 Å². The fourth-order valence-corrected chi connectivity index (χ4v) is 4.45. The lowest BCUT2D eigenvalue weighted by molar-refractivity contribution is -0.142. The highest BCUT2D eigenvalue weighted by Gasteiger charge is 2.49. The highest BCUT2D eigenvalue weighted by atomic mass is 16.6. The molecule has 0 bridgehead atoms. The number of aliphatic hydroxyl groups is 1. The first-order valence-corrected chi connectivity index (χ1v) is 9.33. The molecule has 9 heteroatoms. The Morgan fingerprint density at radius 1 is 1.33 bits per heavy atom. The molecular formula is C18H24N6O3. The minimum Gasteiger partial charge on any atom is -0.396 e. The zero-order chi connectivity index (χ0) is 18.9. The molecule has 1 N–H and O–H groups in total. The van der Waals surface area contributed by atoms with Crippen LogP contribution in [-0.4, -0.2) is 68.5 Å². The van der Waals surface area contributed by atoms with Gasteiger partial charge in [-0.1, -0.05) is 10.3 Å². The van der Waals surface area contributed by atoms with Crippen LogP contribution < -0.4 is 4.90 Å². The molecule has 27 heavy (non-hydrogen) atoms. The molecule has 9 nitrogen and oxygen atoms in total. The van der Waals surface area contributed by atoms with Crippen LogP contribution in [0.2, 0.25) is 0 Å². The lowest BCUT2D eigenvalue weighted by atomic mass is 9.69. The molecule has 4 heterocycles. The molecule has 1 amide bonds. The van der Waals surface area contributed by atoms with E-state index in [1.165, 1.54) is 0 Å². The molecule has 4 rings (SSSR count). The molecule has 2 aromatic heterocycles. The van der Waals surface area contributed by atoms with Crippen LogP contribution in [0.1, 0.15) is 30.7 Å². The smallest absolute Gasteiger partial charge is 0.229 e. The van der Waals surface area contributed by atoms with Gasteiger partial charge in [0.2, 0.25) is 11.9 Å². The van der Waals surface area contributed by atoms with Crippen molar-refractivity contribution < 1.29 is 14.5 Å². The Bertz CT molecular complexity index is 797. The summed E-state index contributed by atoms with van der Waals surface area (Å²) in [7, 11) is 0. The second-order valence-electron chi connectivity index (χ2n) is 7.46. The molecule has 0 saturated carbocycles. The Kier molecular flexibility index (Phi) is 4.77. The largest absolute Gasteiger partial charge is 0.396 e. The lowest BCUT2D eigenvalue weighted by Crippen LogP contribution is -2.64. The van der Waals surface area contributed by atoms with Crippen LogP contribution in [0.3, 0.4) is 0 Å². The first kappa shape index (κ1) is 17.8.